The number of benzene rings is 1. The van der Waals surface area contributed by atoms with Crippen molar-refractivity contribution in [2.45, 2.75) is 13.0 Å². The SMILES string of the molecule is O=C(CCn1cnc2ccccc2c1=O)N1CCN(c2cc(-n3cccn3)ncn2)CC1. The van der Waals surface area contributed by atoms with Gasteiger partial charge in [-0.15, -0.1) is 0 Å². The fourth-order valence-electron chi connectivity index (χ4n) is 3.86. The van der Waals surface area contributed by atoms with Crippen LogP contribution in [0.15, 0.2) is 66.2 Å². The van der Waals surface area contributed by atoms with E-state index in [2.05, 4.69) is 25.0 Å². The van der Waals surface area contributed by atoms with E-state index in [9.17, 15) is 9.59 Å². The summed E-state index contributed by atoms with van der Waals surface area (Å²) in [6, 6.07) is 11.0. The summed E-state index contributed by atoms with van der Waals surface area (Å²) < 4.78 is 3.20. The first-order valence-electron chi connectivity index (χ1n) is 10.5. The van der Waals surface area contributed by atoms with Crippen LogP contribution >= 0.6 is 0 Å². The van der Waals surface area contributed by atoms with Crippen LogP contribution in [-0.2, 0) is 11.3 Å². The molecule has 0 radical (unpaired) electrons. The third kappa shape index (κ3) is 3.94. The molecule has 10 heteroatoms. The van der Waals surface area contributed by atoms with E-state index >= 15 is 0 Å². The van der Waals surface area contributed by atoms with Crippen molar-refractivity contribution in [3.63, 3.8) is 0 Å². The molecule has 1 aliphatic heterocycles. The van der Waals surface area contributed by atoms with Crippen LogP contribution in [-0.4, -0.2) is 66.3 Å². The molecule has 162 valence electrons. The Morgan fingerprint density at radius 3 is 2.59 bits per heavy atom. The molecule has 0 unspecified atom stereocenters. The molecule has 4 heterocycles. The predicted molar refractivity (Wildman–Crippen MR) is 119 cm³/mol. The monoisotopic (exact) mass is 430 g/mol. The number of para-hydroxylation sites is 1. The normalized spacial score (nSPS) is 14.1. The first-order valence-corrected chi connectivity index (χ1v) is 10.5. The van der Waals surface area contributed by atoms with Crippen LogP contribution in [0, 0.1) is 0 Å². The topological polar surface area (TPSA) is 102 Å². The number of anilines is 1. The van der Waals surface area contributed by atoms with Crippen molar-refractivity contribution in [2.75, 3.05) is 31.1 Å². The van der Waals surface area contributed by atoms with Gasteiger partial charge in [-0.25, -0.2) is 19.6 Å². The molecule has 0 bridgehead atoms. The molecule has 1 saturated heterocycles. The Labute approximate surface area is 183 Å². The maximum absolute atomic E-state index is 12.7. The fraction of sp³-hybridized carbons (Fsp3) is 0.273. The smallest absolute Gasteiger partial charge is 0.261 e. The van der Waals surface area contributed by atoms with Gasteiger partial charge in [-0.1, -0.05) is 12.1 Å². The zero-order chi connectivity index (χ0) is 21.9. The number of hydrogen-bond donors (Lipinski definition) is 0. The summed E-state index contributed by atoms with van der Waals surface area (Å²) in [4.78, 5) is 42.3. The summed E-state index contributed by atoms with van der Waals surface area (Å²) in [7, 11) is 0. The maximum Gasteiger partial charge on any atom is 0.261 e. The van der Waals surface area contributed by atoms with Crippen LogP contribution in [0.1, 0.15) is 6.42 Å². The third-order valence-electron chi connectivity index (χ3n) is 5.63. The lowest BCUT2D eigenvalue weighted by molar-refractivity contribution is -0.131. The number of aryl methyl sites for hydroxylation is 1. The molecule has 0 N–H and O–H groups in total. The van der Waals surface area contributed by atoms with E-state index < -0.39 is 0 Å². The lowest BCUT2D eigenvalue weighted by Gasteiger charge is -2.35. The van der Waals surface area contributed by atoms with Crippen molar-refractivity contribution in [2.24, 2.45) is 0 Å². The summed E-state index contributed by atoms with van der Waals surface area (Å²) in [5.74, 6) is 1.55. The van der Waals surface area contributed by atoms with Crippen LogP contribution < -0.4 is 10.5 Å². The van der Waals surface area contributed by atoms with Crippen LogP contribution in [0.4, 0.5) is 5.82 Å². The lowest BCUT2D eigenvalue weighted by Crippen LogP contribution is -2.49. The summed E-state index contributed by atoms with van der Waals surface area (Å²) in [6.45, 7) is 2.88. The largest absolute Gasteiger partial charge is 0.353 e. The van der Waals surface area contributed by atoms with Crippen molar-refractivity contribution in [3.05, 3.63) is 71.8 Å². The second kappa shape index (κ2) is 8.58. The van der Waals surface area contributed by atoms with Gasteiger partial charge in [-0.05, 0) is 18.2 Å². The Morgan fingerprint density at radius 2 is 1.78 bits per heavy atom. The quantitative estimate of drug-likeness (QED) is 0.467. The zero-order valence-electron chi connectivity index (χ0n) is 17.4. The second-order valence-corrected chi connectivity index (χ2v) is 7.56. The van der Waals surface area contributed by atoms with Gasteiger partial charge in [-0.3, -0.25) is 14.2 Å². The Bertz CT molecular complexity index is 1290. The minimum atomic E-state index is -0.120. The van der Waals surface area contributed by atoms with Crippen LogP contribution in [0.2, 0.25) is 0 Å². The van der Waals surface area contributed by atoms with Gasteiger partial charge in [0.05, 0.1) is 17.2 Å². The highest BCUT2D eigenvalue weighted by molar-refractivity contribution is 5.77. The summed E-state index contributed by atoms with van der Waals surface area (Å²) in [5, 5.41) is 4.77. The predicted octanol–water partition coefficient (Wildman–Crippen LogP) is 1.11. The Morgan fingerprint density at radius 1 is 0.969 bits per heavy atom. The number of rotatable bonds is 5. The molecule has 32 heavy (non-hydrogen) atoms. The highest BCUT2D eigenvalue weighted by Gasteiger charge is 2.22. The Balaban J connectivity index is 1.19. The molecule has 1 aliphatic rings. The first kappa shape index (κ1) is 19.9. The minimum absolute atomic E-state index is 0.0321. The molecule has 1 aromatic carbocycles. The van der Waals surface area contributed by atoms with Crippen molar-refractivity contribution >= 4 is 22.6 Å². The van der Waals surface area contributed by atoms with Gasteiger partial charge in [0.1, 0.15) is 12.1 Å². The minimum Gasteiger partial charge on any atom is -0.353 e. The standard InChI is InChI=1S/C22H22N8O2/c31-21(6-9-29-16-25-18-5-2-1-4-17(18)22(29)32)28-12-10-27(11-13-28)19-14-20(24-15-23-19)30-8-3-7-26-30/h1-5,7-8,14-16H,6,9-13H2. The van der Waals surface area contributed by atoms with Gasteiger partial charge >= 0.3 is 0 Å². The molecule has 0 aliphatic carbocycles. The lowest BCUT2D eigenvalue weighted by atomic mass is 10.2. The van der Waals surface area contributed by atoms with Crippen molar-refractivity contribution < 1.29 is 4.79 Å². The van der Waals surface area contributed by atoms with E-state index in [4.69, 9.17) is 0 Å². The maximum atomic E-state index is 12.7. The summed E-state index contributed by atoms with van der Waals surface area (Å²) >= 11 is 0. The molecule has 10 nitrogen and oxygen atoms in total. The molecule has 0 atom stereocenters. The summed E-state index contributed by atoms with van der Waals surface area (Å²) in [6.07, 6.45) is 6.84. The average molecular weight is 430 g/mol. The van der Waals surface area contributed by atoms with Crippen LogP contribution in [0.3, 0.4) is 0 Å². The fourth-order valence-corrected chi connectivity index (χ4v) is 3.86. The number of aromatic nitrogens is 6. The van der Waals surface area contributed by atoms with Gasteiger partial charge < -0.3 is 9.80 Å². The van der Waals surface area contributed by atoms with Gasteiger partial charge in [0.2, 0.25) is 5.91 Å². The molecule has 1 fully saturated rings. The molecular formula is C22H22N8O2. The number of hydrogen-bond acceptors (Lipinski definition) is 7. The van der Waals surface area contributed by atoms with E-state index in [0.29, 0.717) is 49.4 Å². The Hall–Kier alpha value is -4.08. The number of carbonyl (C=O) groups excluding carboxylic acids is 1. The summed E-state index contributed by atoms with van der Waals surface area (Å²) in [5.41, 5.74) is 0.543. The molecule has 0 saturated carbocycles. The highest BCUT2D eigenvalue weighted by Crippen LogP contribution is 2.16. The van der Waals surface area contributed by atoms with Gasteiger partial charge in [-0.2, -0.15) is 5.10 Å². The highest BCUT2D eigenvalue weighted by atomic mass is 16.2. The number of amides is 1. The third-order valence-corrected chi connectivity index (χ3v) is 5.63. The molecule has 3 aromatic heterocycles. The van der Waals surface area contributed by atoms with E-state index in [1.165, 1.54) is 17.2 Å². The van der Waals surface area contributed by atoms with Crippen LogP contribution in [0.5, 0.6) is 0 Å². The molecule has 0 spiro atoms. The van der Waals surface area contributed by atoms with E-state index in [0.717, 1.165) is 5.82 Å². The van der Waals surface area contributed by atoms with Crippen molar-refractivity contribution in [1.29, 1.82) is 0 Å². The number of fused-ring (bicyclic) bond motifs is 1. The number of piperazine rings is 1. The second-order valence-electron chi connectivity index (χ2n) is 7.56. The molecular weight excluding hydrogens is 408 g/mol. The van der Waals surface area contributed by atoms with Crippen molar-refractivity contribution in [3.8, 4) is 5.82 Å². The molecule has 5 rings (SSSR count). The van der Waals surface area contributed by atoms with E-state index in [1.807, 2.05) is 35.4 Å². The van der Waals surface area contributed by atoms with Crippen molar-refractivity contribution in [1.82, 2.24) is 34.2 Å². The van der Waals surface area contributed by atoms with Gasteiger partial charge in [0.25, 0.3) is 5.56 Å². The van der Waals surface area contributed by atoms with Crippen LogP contribution in [0.25, 0.3) is 16.7 Å². The Kier molecular flexibility index (Phi) is 5.32. The zero-order valence-corrected chi connectivity index (χ0v) is 17.4. The average Bonchev–Trinajstić information content (AvgIpc) is 3.39. The van der Waals surface area contributed by atoms with Gasteiger partial charge in [0.15, 0.2) is 5.82 Å². The number of nitrogens with zero attached hydrogens (tertiary/aromatic N) is 8. The molecule has 1 amide bonds. The molecule has 4 aromatic rings. The van der Waals surface area contributed by atoms with E-state index in [-0.39, 0.29) is 17.9 Å². The number of carbonyl (C=O) groups is 1. The van der Waals surface area contributed by atoms with Gasteiger partial charge in [0, 0.05) is 57.6 Å². The first-order chi connectivity index (χ1) is 15.7. The van der Waals surface area contributed by atoms with E-state index in [1.54, 1.807) is 23.0 Å².